The van der Waals surface area contributed by atoms with Gasteiger partial charge in [0.2, 0.25) is 0 Å². The van der Waals surface area contributed by atoms with Crippen molar-refractivity contribution in [3.63, 3.8) is 0 Å². The summed E-state index contributed by atoms with van der Waals surface area (Å²) in [4.78, 5) is 16.3. The van der Waals surface area contributed by atoms with E-state index in [0.29, 0.717) is 11.1 Å². The van der Waals surface area contributed by atoms with Crippen molar-refractivity contribution in [1.29, 1.82) is 0 Å². The van der Waals surface area contributed by atoms with E-state index in [1.165, 1.54) is 0 Å². The number of benzene rings is 1. The number of rotatable bonds is 4. The molecule has 0 unspecified atom stereocenters. The molecule has 2 rings (SSSR count). The molecule has 19 heavy (non-hydrogen) atoms. The maximum Gasteiger partial charge on any atom is 0.192 e. The smallest absolute Gasteiger partial charge is 0.192 e. The minimum Gasteiger partial charge on any atom is -0.289 e. The summed E-state index contributed by atoms with van der Waals surface area (Å²) in [6, 6.07) is 11.4. The third kappa shape index (κ3) is 2.86. The zero-order valence-corrected chi connectivity index (χ0v) is 10.8. The molecule has 0 fully saturated rings. The Bertz CT molecular complexity index is 627. The molecule has 0 aliphatic heterocycles. The quantitative estimate of drug-likeness (QED) is 0.464. The number of allylic oxidation sites excluding steroid dienone is 3. The van der Waals surface area contributed by atoms with Crippen LogP contribution in [0.15, 0.2) is 73.1 Å². The summed E-state index contributed by atoms with van der Waals surface area (Å²) in [5.74, 6) is -0.0109. The van der Waals surface area contributed by atoms with Crippen LogP contribution in [0.4, 0.5) is 0 Å². The Balaban J connectivity index is 2.41. The average Bonchev–Trinajstić information content (AvgIpc) is 2.49. The van der Waals surface area contributed by atoms with Crippen LogP contribution >= 0.6 is 0 Å². The number of ketones is 1. The van der Waals surface area contributed by atoms with Crippen LogP contribution in [0.1, 0.15) is 17.3 Å². The highest BCUT2D eigenvalue weighted by Gasteiger charge is 2.09. The first kappa shape index (κ1) is 13.0. The molecule has 1 aromatic carbocycles. The molecular weight excluding hydrogens is 234 g/mol. The number of hydrogen-bond acceptors (Lipinski definition) is 2. The largest absolute Gasteiger partial charge is 0.289 e. The number of Topliss-reactive ketones (excluding diaryl/α,β-unsaturated/α-hetero) is 1. The first-order valence-electron chi connectivity index (χ1n) is 6.10. The molecule has 0 amide bonds. The summed E-state index contributed by atoms with van der Waals surface area (Å²) in [6.07, 6.45) is 6.87. The van der Waals surface area contributed by atoms with E-state index in [-0.39, 0.29) is 5.78 Å². The number of hydrogen-bond donors (Lipinski definition) is 0. The van der Waals surface area contributed by atoms with Gasteiger partial charge in [-0.3, -0.25) is 9.78 Å². The van der Waals surface area contributed by atoms with E-state index in [2.05, 4.69) is 11.6 Å². The number of nitrogens with zero attached hydrogens (tertiary/aromatic N) is 1. The molecular formula is C17H15NO. The van der Waals surface area contributed by atoms with Crippen molar-refractivity contribution in [1.82, 2.24) is 4.98 Å². The highest BCUT2D eigenvalue weighted by atomic mass is 16.1. The van der Waals surface area contributed by atoms with E-state index < -0.39 is 0 Å². The summed E-state index contributed by atoms with van der Waals surface area (Å²) in [5, 5.41) is 0. The predicted octanol–water partition coefficient (Wildman–Crippen LogP) is 4.06. The lowest BCUT2D eigenvalue weighted by Gasteiger charge is -2.05. The Hall–Kier alpha value is -2.48. The lowest BCUT2D eigenvalue weighted by atomic mass is 9.99. The molecule has 0 spiro atoms. The average molecular weight is 249 g/mol. The Morgan fingerprint density at radius 1 is 1.21 bits per heavy atom. The van der Waals surface area contributed by atoms with Crippen molar-refractivity contribution in [2.24, 2.45) is 0 Å². The predicted molar refractivity (Wildman–Crippen MR) is 78.0 cm³/mol. The van der Waals surface area contributed by atoms with E-state index in [1.54, 1.807) is 24.5 Å². The zero-order chi connectivity index (χ0) is 13.7. The van der Waals surface area contributed by atoms with Gasteiger partial charge in [-0.05, 0) is 24.6 Å². The van der Waals surface area contributed by atoms with Crippen molar-refractivity contribution in [2.75, 3.05) is 0 Å². The Kier molecular flexibility index (Phi) is 4.04. The monoisotopic (exact) mass is 249 g/mol. The fourth-order valence-corrected chi connectivity index (χ4v) is 1.88. The molecule has 0 saturated heterocycles. The molecule has 0 aliphatic rings. The third-order valence-corrected chi connectivity index (χ3v) is 2.91. The first-order valence-corrected chi connectivity index (χ1v) is 6.10. The summed E-state index contributed by atoms with van der Waals surface area (Å²) in [6.45, 7) is 5.49. The molecule has 0 aliphatic carbocycles. The number of aromatic nitrogens is 1. The fraction of sp³-hybridized carbons (Fsp3) is 0.0588. The van der Waals surface area contributed by atoms with Crippen molar-refractivity contribution in [2.45, 2.75) is 6.92 Å². The third-order valence-electron chi connectivity index (χ3n) is 2.91. The maximum atomic E-state index is 12.2. The summed E-state index contributed by atoms with van der Waals surface area (Å²) in [7, 11) is 0. The zero-order valence-electron chi connectivity index (χ0n) is 10.8. The maximum absolute atomic E-state index is 12.2. The topological polar surface area (TPSA) is 30.0 Å². The Morgan fingerprint density at radius 3 is 2.63 bits per heavy atom. The highest BCUT2D eigenvalue weighted by molar-refractivity contribution is 6.10. The molecule has 0 N–H and O–H groups in total. The van der Waals surface area contributed by atoms with Gasteiger partial charge in [-0.25, -0.2) is 0 Å². The van der Waals surface area contributed by atoms with E-state index in [0.717, 1.165) is 11.1 Å². The second-order valence-corrected chi connectivity index (χ2v) is 4.10. The van der Waals surface area contributed by atoms with Crippen LogP contribution in [0, 0.1) is 0 Å². The molecule has 0 radical (unpaired) electrons. The molecule has 0 bridgehead atoms. The van der Waals surface area contributed by atoms with Gasteiger partial charge in [0.15, 0.2) is 5.78 Å². The molecule has 2 nitrogen and oxygen atoms in total. The fourth-order valence-electron chi connectivity index (χ4n) is 1.88. The van der Waals surface area contributed by atoms with Gasteiger partial charge in [0.25, 0.3) is 0 Å². The van der Waals surface area contributed by atoms with Crippen molar-refractivity contribution < 1.29 is 4.79 Å². The van der Waals surface area contributed by atoms with Gasteiger partial charge in [0, 0.05) is 29.1 Å². The molecule has 1 heterocycles. The van der Waals surface area contributed by atoms with Crippen LogP contribution in [0.3, 0.4) is 0 Å². The van der Waals surface area contributed by atoms with Gasteiger partial charge in [-0.1, -0.05) is 43.0 Å². The van der Waals surface area contributed by atoms with E-state index in [1.807, 2.05) is 43.3 Å². The Labute approximate surface area is 113 Å². The molecule has 0 atom stereocenters. The Morgan fingerprint density at radius 2 is 2.00 bits per heavy atom. The number of carbonyl (C=O) groups is 1. The normalized spacial score (nSPS) is 11.1. The van der Waals surface area contributed by atoms with Gasteiger partial charge in [0.1, 0.15) is 0 Å². The second kappa shape index (κ2) is 5.91. The lowest BCUT2D eigenvalue weighted by Crippen LogP contribution is -2.01. The van der Waals surface area contributed by atoms with Crippen LogP contribution in [0.5, 0.6) is 0 Å². The van der Waals surface area contributed by atoms with Crippen molar-refractivity contribution in [3.8, 4) is 11.1 Å². The van der Waals surface area contributed by atoms with Gasteiger partial charge < -0.3 is 0 Å². The SMILES string of the molecule is C=C/C(=C\C)C(=O)c1cccc(-c2cccnc2)c1. The molecule has 0 saturated carbocycles. The summed E-state index contributed by atoms with van der Waals surface area (Å²) >= 11 is 0. The lowest BCUT2D eigenvalue weighted by molar-refractivity contribution is 0.103. The van der Waals surface area contributed by atoms with Crippen LogP contribution in [0.25, 0.3) is 11.1 Å². The number of pyridine rings is 1. The van der Waals surface area contributed by atoms with Gasteiger partial charge in [-0.15, -0.1) is 0 Å². The summed E-state index contributed by atoms with van der Waals surface area (Å²) in [5.41, 5.74) is 3.26. The van der Waals surface area contributed by atoms with Crippen molar-refractivity contribution >= 4 is 5.78 Å². The van der Waals surface area contributed by atoms with Gasteiger partial charge in [-0.2, -0.15) is 0 Å². The standard InChI is InChI=1S/C17H15NO/c1-3-13(4-2)17(19)15-8-5-7-14(11-15)16-9-6-10-18-12-16/h3-12H,1H2,2H3/b13-4+. The highest BCUT2D eigenvalue weighted by Crippen LogP contribution is 2.20. The van der Waals surface area contributed by atoms with Gasteiger partial charge in [0.05, 0.1) is 0 Å². The molecule has 94 valence electrons. The molecule has 2 aromatic rings. The van der Waals surface area contributed by atoms with Crippen molar-refractivity contribution in [3.05, 3.63) is 78.7 Å². The second-order valence-electron chi connectivity index (χ2n) is 4.10. The van der Waals surface area contributed by atoms with Gasteiger partial charge >= 0.3 is 0 Å². The van der Waals surface area contributed by atoms with Crippen LogP contribution in [0.2, 0.25) is 0 Å². The van der Waals surface area contributed by atoms with Crippen LogP contribution < -0.4 is 0 Å². The number of carbonyl (C=O) groups excluding carboxylic acids is 1. The van der Waals surface area contributed by atoms with E-state index in [9.17, 15) is 4.79 Å². The minimum atomic E-state index is -0.0109. The molecule has 1 aromatic heterocycles. The van der Waals surface area contributed by atoms with Crippen LogP contribution in [-0.4, -0.2) is 10.8 Å². The van der Waals surface area contributed by atoms with Crippen LogP contribution in [-0.2, 0) is 0 Å². The first-order chi connectivity index (χ1) is 9.26. The van der Waals surface area contributed by atoms with E-state index in [4.69, 9.17) is 0 Å². The minimum absolute atomic E-state index is 0.0109. The summed E-state index contributed by atoms with van der Waals surface area (Å²) < 4.78 is 0. The molecule has 2 heteroatoms. The van der Waals surface area contributed by atoms with E-state index >= 15 is 0 Å².